The summed E-state index contributed by atoms with van der Waals surface area (Å²) in [5.41, 5.74) is 1.28. The van der Waals surface area contributed by atoms with Gasteiger partial charge in [-0.05, 0) is 47.6 Å². The van der Waals surface area contributed by atoms with Gasteiger partial charge < -0.3 is 5.32 Å². The Morgan fingerprint density at radius 1 is 1.25 bits per heavy atom. The number of hydrogen-bond acceptors (Lipinski definition) is 2. The van der Waals surface area contributed by atoms with Crippen molar-refractivity contribution in [1.82, 2.24) is 5.32 Å². The van der Waals surface area contributed by atoms with E-state index in [0.29, 0.717) is 5.56 Å². The van der Waals surface area contributed by atoms with E-state index in [-0.39, 0.29) is 6.04 Å². The fraction of sp³-hybridized carbons (Fsp3) is 0.167. The summed E-state index contributed by atoms with van der Waals surface area (Å²) in [6.07, 6.45) is 0. The molecule has 1 unspecified atom stereocenters. The minimum absolute atomic E-state index is 0.304. The summed E-state index contributed by atoms with van der Waals surface area (Å²) >= 11 is 1.53. The highest BCUT2D eigenvalue weighted by Gasteiger charge is 2.17. The maximum absolute atomic E-state index is 13.6. The van der Waals surface area contributed by atoms with E-state index >= 15 is 0 Å². The smallest absolute Gasteiger partial charge is 0.128 e. The maximum Gasteiger partial charge on any atom is 0.128 e. The molecule has 2 rings (SSSR count). The number of rotatable bonds is 3. The van der Waals surface area contributed by atoms with Gasteiger partial charge in [-0.2, -0.15) is 11.3 Å². The first kappa shape index (κ1) is 11.2. The molecule has 0 saturated heterocycles. The molecule has 1 atom stereocenters. The van der Waals surface area contributed by atoms with Gasteiger partial charge in [-0.1, -0.05) is 0 Å². The van der Waals surface area contributed by atoms with E-state index in [1.165, 1.54) is 17.4 Å². The Morgan fingerprint density at radius 3 is 2.69 bits per heavy atom. The van der Waals surface area contributed by atoms with Crippen LogP contribution in [0.15, 0.2) is 35.0 Å². The Labute approximate surface area is 96.7 Å². The number of nitrogens with one attached hydrogen (secondary N) is 1. The van der Waals surface area contributed by atoms with Gasteiger partial charge >= 0.3 is 0 Å². The monoisotopic (exact) mass is 239 g/mol. The molecule has 0 spiro atoms. The third-order valence-corrected chi connectivity index (χ3v) is 3.14. The SMILES string of the molecule is CNC(c1ccsc1)c1cc(F)ccc1F. The molecule has 0 radical (unpaired) electrons. The van der Waals surface area contributed by atoms with Crippen molar-refractivity contribution in [3.8, 4) is 0 Å². The molecule has 2 aromatic rings. The van der Waals surface area contributed by atoms with Crippen LogP contribution in [0.5, 0.6) is 0 Å². The second-order valence-electron chi connectivity index (χ2n) is 3.44. The largest absolute Gasteiger partial charge is 0.309 e. The highest BCUT2D eigenvalue weighted by atomic mass is 32.1. The van der Waals surface area contributed by atoms with Crippen molar-refractivity contribution in [2.24, 2.45) is 0 Å². The van der Waals surface area contributed by atoms with Gasteiger partial charge in [0.05, 0.1) is 6.04 Å². The van der Waals surface area contributed by atoms with Gasteiger partial charge in [0.1, 0.15) is 11.6 Å². The highest BCUT2D eigenvalue weighted by Crippen LogP contribution is 2.26. The third kappa shape index (κ3) is 2.13. The normalized spacial score (nSPS) is 12.7. The lowest BCUT2D eigenvalue weighted by atomic mass is 10.0. The van der Waals surface area contributed by atoms with Gasteiger partial charge in [0, 0.05) is 5.56 Å². The quantitative estimate of drug-likeness (QED) is 0.866. The predicted molar refractivity (Wildman–Crippen MR) is 61.6 cm³/mol. The summed E-state index contributed by atoms with van der Waals surface area (Å²) in [6.45, 7) is 0. The van der Waals surface area contributed by atoms with Crippen molar-refractivity contribution in [2.45, 2.75) is 6.04 Å². The summed E-state index contributed by atoms with van der Waals surface area (Å²) in [7, 11) is 1.73. The van der Waals surface area contributed by atoms with Crippen molar-refractivity contribution in [3.63, 3.8) is 0 Å². The molecule has 0 amide bonds. The van der Waals surface area contributed by atoms with Gasteiger partial charge in [-0.25, -0.2) is 8.78 Å². The van der Waals surface area contributed by atoms with E-state index in [4.69, 9.17) is 0 Å². The summed E-state index contributed by atoms with van der Waals surface area (Å²) in [5, 5.41) is 6.82. The van der Waals surface area contributed by atoms with Crippen LogP contribution in [0.4, 0.5) is 8.78 Å². The van der Waals surface area contributed by atoms with Crippen molar-refractivity contribution in [1.29, 1.82) is 0 Å². The highest BCUT2D eigenvalue weighted by molar-refractivity contribution is 7.08. The van der Waals surface area contributed by atoms with E-state index in [9.17, 15) is 8.78 Å². The number of benzene rings is 1. The van der Waals surface area contributed by atoms with E-state index < -0.39 is 11.6 Å². The lowest BCUT2D eigenvalue weighted by Gasteiger charge is -2.16. The molecule has 1 N–H and O–H groups in total. The van der Waals surface area contributed by atoms with Crippen molar-refractivity contribution >= 4 is 11.3 Å². The van der Waals surface area contributed by atoms with Gasteiger partial charge in [-0.3, -0.25) is 0 Å². The van der Waals surface area contributed by atoms with Gasteiger partial charge in [0.25, 0.3) is 0 Å². The Morgan fingerprint density at radius 2 is 2.06 bits per heavy atom. The van der Waals surface area contributed by atoms with Crippen LogP contribution in [0.25, 0.3) is 0 Å². The standard InChI is InChI=1S/C12H11F2NS/c1-15-12(8-4-5-16-7-8)10-6-9(13)2-3-11(10)14/h2-7,12,15H,1H3. The fourth-order valence-electron chi connectivity index (χ4n) is 1.68. The second-order valence-corrected chi connectivity index (χ2v) is 4.22. The van der Waals surface area contributed by atoms with Gasteiger partial charge in [-0.15, -0.1) is 0 Å². The van der Waals surface area contributed by atoms with E-state index in [1.807, 2.05) is 16.8 Å². The zero-order valence-corrected chi connectivity index (χ0v) is 9.52. The Hall–Kier alpha value is -1.26. The number of halogens is 2. The molecule has 1 nitrogen and oxygen atoms in total. The van der Waals surface area contributed by atoms with Crippen LogP contribution in [0.1, 0.15) is 17.2 Å². The van der Waals surface area contributed by atoms with Gasteiger partial charge in [0.2, 0.25) is 0 Å². The number of hydrogen-bond donors (Lipinski definition) is 1. The lowest BCUT2D eigenvalue weighted by Crippen LogP contribution is -2.18. The second kappa shape index (κ2) is 4.72. The van der Waals surface area contributed by atoms with E-state index in [0.717, 1.165) is 17.7 Å². The summed E-state index contributed by atoms with van der Waals surface area (Å²) < 4.78 is 26.7. The Balaban J connectivity index is 2.44. The topological polar surface area (TPSA) is 12.0 Å². The molecule has 1 heterocycles. The molecule has 84 valence electrons. The van der Waals surface area contributed by atoms with Crippen molar-refractivity contribution < 1.29 is 8.78 Å². The summed E-state index contributed by atoms with van der Waals surface area (Å²) in [5.74, 6) is -0.821. The van der Waals surface area contributed by atoms with Crippen molar-refractivity contribution in [2.75, 3.05) is 7.05 Å². The summed E-state index contributed by atoms with van der Waals surface area (Å²) in [4.78, 5) is 0. The van der Waals surface area contributed by atoms with Crippen LogP contribution < -0.4 is 5.32 Å². The van der Waals surface area contributed by atoms with Crippen LogP contribution in [0.2, 0.25) is 0 Å². The predicted octanol–water partition coefficient (Wildman–Crippen LogP) is 3.34. The molecule has 0 aliphatic rings. The first-order valence-corrected chi connectivity index (χ1v) is 5.81. The van der Waals surface area contributed by atoms with Crippen LogP contribution >= 0.6 is 11.3 Å². The molecular weight excluding hydrogens is 228 g/mol. The summed E-state index contributed by atoms with van der Waals surface area (Å²) in [6, 6.07) is 5.10. The Bertz CT molecular complexity index is 468. The molecule has 4 heteroatoms. The van der Waals surface area contributed by atoms with Crippen LogP contribution in [0.3, 0.4) is 0 Å². The van der Waals surface area contributed by atoms with E-state index in [1.54, 1.807) is 7.05 Å². The average Bonchev–Trinajstić information content (AvgIpc) is 2.78. The average molecular weight is 239 g/mol. The molecule has 16 heavy (non-hydrogen) atoms. The zero-order valence-electron chi connectivity index (χ0n) is 8.71. The van der Waals surface area contributed by atoms with Crippen LogP contribution in [0, 0.1) is 11.6 Å². The molecular formula is C12H11F2NS. The molecule has 0 aliphatic heterocycles. The molecule has 1 aromatic carbocycles. The minimum atomic E-state index is -0.424. The maximum atomic E-state index is 13.6. The lowest BCUT2D eigenvalue weighted by molar-refractivity contribution is 0.558. The molecule has 0 aliphatic carbocycles. The third-order valence-electron chi connectivity index (χ3n) is 2.43. The minimum Gasteiger partial charge on any atom is -0.309 e. The van der Waals surface area contributed by atoms with Gasteiger partial charge in [0.15, 0.2) is 0 Å². The fourth-order valence-corrected chi connectivity index (χ4v) is 2.36. The molecule has 1 aromatic heterocycles. The zero-order chi connectivity index (χ0) is 11.5. The van der Waals surface area contributed by atoms with Crippen LogP contribution in [-0.2, 0) is 0 Å². The van der Waals surface area contributed by atoms with Crippen LogP contribution in [-0.4, -0.2) is 7.05 Å². The molecule has 0 bridgehead atoms. The molecule has 0 fully saturated rings. The first-order chi connectivity index (χ1) is 7.72. The van der Waals surface area contributed by atoms with E-state index in [2.05, 4.69) is 5.32 Å². The molecule has 0 saturated carbocycles. The first-order valence-electron chi connectivity index (χ1n) is 4.86. The number of thiophene rings is 1. The Kier molecular flexibility index (Phi) is 3.31. The van der Waals surface area contributed by atoms with Crippen molar-refractivity contribution in [3.05, 3.63) is 57.8 Å².